The van der Waals surface area contributed by atoms with Crippen molar-refractivity contribution in [2.45, 2.75) is 6.54 Å². The van der Waals surface area contributed by atoms with Crippen LogP contribution >= 0.6 is 27.3 Å². The number of rotatable bonds is 5. The van der Waals surface area contributed by atoms with Gasteiger partial charge in [0.25, 0.3) is 0 Å². The van der Waals surface area contributed by atoms with E-state index in [0.29, 0.717) is 0 Å². The Morgan fingerprint density at radius 1 is 1.07 bits per heavy atom. The Balaban J connectivity index is 1.40. The van der Waals surface area contributed by atoms with Gasteiger partial charge in [-0.15, -0.1) is 0 Å². The van der Waals surface area contributed by atoms with Crippen LogP contribution in [0.2, 0.25) is 0 Å². The second-order valence-corrected chi connectivity index (χ2v) is 8.58. The first-order chi connectivity index (χ1) is 14.3. The summed E-state index contributed by atoms with van der Waals surface area (Å²) in [5, 5.41) is 13.5. The van der Waals surface area contributed by atoms with Crippen LogP contribution in [0.1, 0.15) is 5.56 Å². The van der Waals surface area contributed by atoms with Gasteiger partial charge in [0.2, 0.25) is 0 Å². The van der Waals surface area contributed by atoms with E-state index < -0.39 is 0 Å². The van der Waals surface area contributed by atoms with Crippen molar-refractivity contribution in [1.82, 2.24) is 9.78 Å². The smallest absolute Gasteiger partial charge is 0.138 e. The quantitative estimate of drug-likeness (QED) is 0.420. The number of nitrogens with one attached hydrogen (secondary N) is 1. The summed E-state index contributed by atoms with van der Waals surface area (Å²) < 4.78 is 8.36. The first-order valence-corrected chi connectivity index (χ1v) is 11.4. The number of fused-ring (bicyclic) bond motifs is 1. The number of aromatic nitrogens is 2. The maximum atomic E-state index is 5.45. The molecule has 5 nitrogen and oxygen atoms in total. The van der Waals surface area contributed by atoms with Gasteiger partial charge in [-0.1, -0.05) is 18.2 Å². The Hall–Kier alpha value is -2.35. The summed E-state index contributed by atoms with van der Waals surface area (Å²) in [6.45, 7) is 4.24. The Kier molecular flexibility index (Phi) is 5.26. The average molecular weight is 469 g/mol. The number of nitrogens with zero attached hydrogens (tertiary/aromatic N) is 3. The van der Waals surface area contributed by atoms with E-state index >= 15 is 0 Å². The number of benzene rings is 2. The lowest BCUT2D eigenvalue weighted by Crippen LogP contribution is -2.36. The third-order valence-corrected chi connectivity index (χ3v) is 6.42. The maximum Gasteiger partial charge on any atom is 0.138 e. The Bertz CT molecular complexity index is 1100. The van der Waals surface area contributed by atoms with Gasteiger partial charge in [-0.3, -0.25) is 4.68 Å². The van der Waals surface area contributed by atoms with Gasteiger partial charge in [-0.05, 0) is 57.2 Å². The molecular formula is C22H21BrN4OS. The van der Waals surface area contributed by atoms with Crippen molar-refractivity contribution in [2.75, 3.05) is 36.5 Å². The highest BCUT2D eigenvalue weighted by atomic mass is 79.9. The molecule has 29 heavy (non-hydrogen) atoms. The van der Waals surface area contributed by atoms with Crippen LogP contribution in [-0.2, 0) is 11.3 Å². The lowest BCUT2D eigenvalue weighted by Gasteiger charge is -2.28. The summed E-state index contributed by atoms with van der Waals surface area (Å²) in [6, 6.07) is 17.2. The van der Waals surface area contributed by atoms with Crippen LogP contribution in [0.4, 0.5) is 17.1 Å². The molecule has 1 fully saturated rings. The lowest BCUT2D eigenvalue weighted by molar-refractivity contribution is 0.122. The first-order valence-electron chi connectivity index (χ1n) is 9.64. The molecule has 1 N–H and O–H groups in total. The minimum Gasteiger partial charge on any atom is -0.378 e. The van der Waals surface area contributed by atoms with Crippen molar-refractivity contribution in [3.05, 3.63) is 69.5 Å². The average Bonchev–Trinajstić information content (AvgIpc) is 3.38. The van der Waals surface area contributed by atoms with Gasteiger partial charge < -0.3 is 15.0 Å². The molecule has 0 spiro atoms. The fourth-order valence-electron chi connectivity index (χ4n) is 3.70. The summed E-state index contributed by atoms with van der Waals surface area (Å²) >= 11 is 5.34. The van der Waals surface area contributed by atoms with E-state index in [1.807, 2.05) is 0 Å². The molecule has 0 aliphatic carbocycles. The zero-order valence-electron chi connectivity index (χ0n) is 15.8. The second-order valence-electron chi connectivity index (χ2n) is 7.05. The van der Waals surface area contributed by atoms with Crippen molar-refractivity contribution in [3.63, 3.8) is 0 Å². The van der Waals surface area contributed by atoms with Crippen molar-refractivity contribution in [1.29, 1.82) is 0 Å². The highest BCUT2D eigenvalue weighted by Crippen LogP contribution is 2.33. The van der Waals surface area contributed by atoms with E-state index in [2.05, 4.69) is 90.1 Å². The Labute approximate surface area is 182 Å². The van der Waals surface area contributed by atoms with Crippen LogP contribution in [0.5, 0.6) is 0 Å². The molecule has 2 aromatic heterocycles. The monoisotopic (exact) mass is 468 g/mol. The summed E-state index contributed by atoms with van der Waals surface area (Å²) in [5.74, 6) is 0. The molecule has 2 aromatic carbocycles. The van der Waals surface area contributed by atoms with Crippen LogP contribution in [0.15, 0.2) is 63.9 Å². The summed E-state index contributed by atoms with van der Waals surface area (Å²) in [4.78, 5) is 2.37. The lowest BCUT2D eigenvalue weighted by atomic mass is 10.1. The third kappa shape index (κ3) is 3.90. The molecule has 0 bridgehead atoms. The number of hydrogen-bond donors (Lipinski definition) is 1. The fourth-order valence-corrected chi connectivity index (χ4v) is 4.90. The SMILES string of the molecule is Brc1nn(Cc2ccc(N3CCOCC3)cc2)c2cccc(Nc3ccsc3)c12. The van der Waals surface area contributed by atoms with Crippen LogP contribution in [0.25, 0.3) is 10.9 Å². The molecule has 0 radical (unpaired) electrons. The normalized spacial score (nSPS) is 14.4. The molecule has 0 amide bonds. The molecule has 0 unspecified atom stereocenters. The largest absolute Gasteiger partial charge is 0.378 e. The number of morpholine rings is 1. The van der Waals surface area contributed by atoms with E-state index in [9.17, 15) is 0 Å². The predicted octanol–water partition coefficient (Wildman–Crippen LogP) is 5.49. The first kappa shape index (κ1) is 18.7. The summed E-state index contributed by atoms with van der Waals surface area (Å²) in [7, 11) is 0. The van der Waals surface area contributed by atoms with E-state index in [0.717, 1.165) is 59.7 Å². The molecule has 5 rings (SSSR count). The maximum absolute atomic E-state index is 5.45. The topological polar surface area (TPSA) is 42.3 Å². The van der Waals surface area contributed by atoms with Crippen molar-refractivity contribution in [3.8, 4) is 0 Å². The van der Waals surface area contributed by atoms with Gasteiger partial charge in [0, 0.05) is 29.8 Å². The Morgan fingerprint density at radius 3 is 2.66 bits per heavy atom. The molecule has 1 saturated heterocycles. The van der Waals surface area contributed by atoms with Gasteiger partial charge in [0.1, 0.15) is 4.60 Å². The van der Waals surface area contributed by atoms with Crippen molar-refractivity contribution in [2.24, 2.45) is 0 Å². The van der Waals surface area contributed by atoms with E-state index in [-0.39, 0.29) is 0 Å². The second kappa shape index (κ2) is 8.18. The van der Waals surface area contributed by atoms with Gasteiger partial charge in [-0.25, -0.2) is 0 Å². The highest BCUT2D eigenvalue weighted by molar-refractivity contribution is 9.10. The molecule has 3 heterocycles. The minimum absolute atomic E-state index is 0.730. The highest BCUT2D eigenvalue weighted by Gasteiger charge is 2.14. The van der Waals surface area contributed by atoms with Crippen LogP contribution in [0, 0.1) is 0 Å². The summed E-state index contributed by atoms with van der Waals surface area (Å²) in [5.41, 5.74) is 5.75. The molecule has 4 aromatic rings. The van der Waals surface area contributed by atoms with E-state index in [1.54, 1.807) is 11.3 Å². The van der Waals surface area contributed by atoms with Crippen molar-refractivity contribution < 1.29 is 4.74 Å². The zero-order chi connectivity index (χ0) is 19.6. The number of halogens is 1. The van der Waals surface area contributed by atoms with Gasteiger partial charge >= 0.3 is 0 Å². The van der Waals surface area contributed by atoms with Crippen molar-refractivity contribution >= 4 is 55.2 Å². The molecule has 148 valence electrons. The number of hydrogen-bond acceptors (Lipinski definition) is 5. The third-order valence-electron chi connectivity index (χ3n) is 5.18. The molecule has 0 saturated carbocycles. The van der Waals surface area contributed by atoms with Gasteiger partial charge in [0.15, 0.2) is 0 Å². The molecule has 1 aliphatic rings. The van der Waals surface area contributed by atoms with Gasteiger partial charge in [0.05, 0.1) is 36.3 Å². The van der Waals surface area contributed by atoms with Crippen LogP contribution in [0.3, 0.4) is 0 Å². The Morgan fingerprint density at radius 2 is 1.90 bits per heavy atom. The number of thiophene rings is 1. The molecule has 1 aliphatic heterocycles. The van der Waals surface area contributed by atoms with E-state index in [1.165, 1.54) is 11.3 Å². The standard InChI is InChI=1S/C22H21BrN4OS/c23-22-21-19(24-17-8-13-29-15-17)2-1-3-20(21)27(25-22)14-16-4-6-18(7-5-16)26-9-11-28-12-10-26/h1-8,13,15,24H,9-12,14H2. The van der Waals surface area contributed by atoms with Crippen LogP contribution in [-0.4, -0.2) is 36.1 Å². The van der Waals surface area contributed by atoms with E-state index in [4.69, 9.17) is 9.84 Å². The molecule has 0 atom stereocenters. The predicted molar refractivity (Wildman–Crippen MR) is 124 cm³/mol. The fraction of sp³-hybridized carbons (Fsp3) is 0.227. The zero-order valence-corrected chi connectivity index (χ0v) is 18.2. The number of ether oxygens (including phenoxy) is 1. The molecule has 7 heteroatoms. The van der Waals surface area contributed by atoms with Crippen LogP contribution < -0.4 is 10.2 Å². The van der Waals surface area contributed by atoms with Gasteiger partial charge in [-0.2, -0.15) is 16.4 Å². The number of anilines is 3. The molecular weight excluding hydrogens is 448 g/mol. The minimum atomic E-state index is 0.730. The summed E-state index contributed by atoms with van der Waals surface area (Å²) in [6.07, 6.45) is 0.